The summed E-state index contributed by atoms with van der Waals surface area (Å²) in [6.07, 6.45) is 1.72. The average Bonchev–Trinajstić information content (AvgIpc) is 2.63. The summed E-state index contributed by atoms with van der Waals surface area (Å²) in [7, 11) is 0. The maximum absolute atomic E-state index is 14.2. The van der Waals surface area contributed by atoms with Gasteiger partial charge in [0.25, 0.3) is 0 Å². The first-order valence-corrected chi connectivity index (χ1v) is 8.22. The van der Waals surface area contributed by atoms with Gasteiger partial charge in [-0.05, 0) is 44.2 Å². The molecule has 0 aliphatic carbocycles. The Bertz CT molecular complexity index is 979. The number of rotatable bonds is 5. The Morgan fingerprint density at radius 2 is 2.00 bits per heavy atom. The van der Waals surface area contributed by atoms with Crippen LogP contribution in [0.25, 0.3) is 10.9 Å². The van der Waals surface area contributed by atoms with Gasteiger partial charge in [0.15, 0.2) is 17.5 Å². The van der Waals surface area contributed by atoms with Gasteiger partial charge < -0.3 is 16.4 Å². The second-order valence-electron chi connectivity index (χ2n) is 6.15. The number of hydrogen-bond donors (Lipinski definition) is 3. The summed E-state index contributed by atoms with van der Waals surface area (Å²) in [5.74, 6) is -0.266. The molecule has 0 saturated carbocycles. The second-order valence-corrected chi connectivity index (χ2v) is 6.15. The third-order valence-corrected chi connectivity index (χ3v) is 4.12. The first-order valence-electron chi connectivity index (χ1n) is 8.22. The third-order valence-electron chi connectivity index (χ3n) is 4.12. The smallest absolute Gasteiger partial charge is 0.166 e. The van der Waals surface area contributed by atoms with E-state index in [1.165, 1.54) is 0 Å². The number of benzene rings is 1. The van der Waals surface area contributed by atoms with E-state index in [4.69, 9.17) is 5.73 Å². The summed E-state index contributed by atoms with van der Waals surface area (Å²) in [4.78, 5) is 8.52. The number of nitrogens with zero attached hydrogens (tertiary/aromatic N) is 3. The van der Waals surface area contributed by atoms with Crippen LogP contribution in [0.2, 0.25) is 0 Å². The van der Waals surface area contributed by atoms with Gasteiger partial charge in [0.05, 0.1) is 11.1 Å². The van der Waals surface area contributed by atoms with Crippen LogP contribution in [0.1, 0.15) is 19.4 Å². The van der Waals surface area contributed by atoms with Gasteiger partial charge in [-0.1, -0.05) is 6.07 Å². The Kier molecular flexibility index (Phi) is 4.96. The van der Waals surface area contributed by atoms with Gasteiger partial charge in [0.2, 0.25) is 0 Å². The molecule has 3 aromatic rings. The van der Waals surface area contributed by atoms with Crippen molar-refractivity contribution in [2.24, 2.45) is 5.73 Å². The second kappa shape index (κ2) is 7.33. The number of pyridine rings is 2. The van der Waals surface area contributed by atoms with Crippen LogP contribution in [0.5, 0.6) is 0 Å². The fourth-order valence-electron chi connectivity index (χ4n) is 2.41. The molecule has 7 heteroatoms. The standard InChI is InChI=1S/C19H19FN6/c1-11(22)12(2)24-19-16(20)9-14(10-21)18(26-19)25-15-5-6-17-13(8-15)4-3-7-23-17/h3-9,11-12H,22H2,1-2H3,(H2,24,25,26)/t11-,12+/m0/s1. The largest absolute Gasteiger partial charge is 0.364 e. The van der Waals surface area contributed by atoms with E-state index in [-0.39, 0.29) is 29.3 Å². The van der Waals surface area contributed by atoms with Crippen molar-refractivity contribution in [2.75, 3.05) is 10.6 Å². The fourth-order valence-corrected chi connectivity index (χ4v) is 2.41. The lowest BCUT2D eigenvalue weighted by molar-refractivity contribution is 0.601. The molecule has 2 aromatic heterocycles. The maximum atomic E-state index is 14.2. The van der Waals surface area contributed by atoms with E-state index in [2.05, 4.69) is 20.6 Å². The fraction of sp³-hybridized carbons (Fsp3) is 0.211. The topological polar surface area (TPSA) is 99.7 Å². The van der Waals surface area contributed by atoms with E-state index in [9.17, 15) is 9.65 Å². The number of anilines is 3. The minimum absolute atomic E-state index is 0.0544. The number of halogens is 1. The van der Waals surface area contributed by atoms with Gasteiger partial charge >= 0.3 is 0 Å². The SMILES string of the molecule is C[C@H](N)[C@@H](C)Nc1nc(Nc2ccc3ncccc3c2)c(C#N)cc1F. The van der Waals surface area contributed by atoms with Crippen LogP contribution >= 0.6 is 0 Å². The lowest BCUT2D eigenvalue weighted by Gasteiger charge is -2.19. The first-order chi connectivity index (χ1) is 12.5. The molecule has 0 aliphatic heterocycles. The highest BCUT2D eigenvalue weighted by Crippen LogP contribution is 2.25. The van der Waals surface area contributed by atoms with Crippen LogP contribution in [-0.4, -0.2) is 22.1 Å². The van der Waals surface area contributed by atoms with Gasteiger partial charge in [-0.15, -0.1) is 0 Å². The molecule has 0 aliphatic rings. The highest BCUT2D eigenvalue weighted by atomic mass is 19.1. The lowest BCUT2D eigenvalue weighted by Crippen LogP contribution is -2.35. The van der Waals surface area contributed by atoms with E-state index >= 15 is 0 Å². The zero-order valence-corrected chi connectivity index (χ0v) is 14.5. The number of aromatic nitrogens is 2. The minimum atomic E-state index is -0.595. The third kappa shape index (κ3) is 3.71. The molecule has 0 unspecified atom stereocenters. The van der Waals surface area contributed by atoms with E-state index in [1.54, 1.807) is 6.20 Å². The molecule has 6 nitrogen and oxygen atoms in total. The molecule has 0 radical (unpaired) electrons. The quantitative estimate of drug-likeness (QED) is 0.651. The number of hydrogen-bond acceptors (Lipinski definition) is 6. The molecule has 4 N–H and O–H groups in total. The summed E-state index contributed by atoms with van der Waals surface area (Å²) < 4.78 is 14.2. The molecule has 2 heterocycles. The molecular formula is C19H19FN6. The Labute approximate surface area is 150 Å². The van der Waals surface area contributed by atoms with E-state index < -0.39 is 5.82 Å². The Balaban J connectivity index is 1.95. The molecule has 1 aromatic carbocycles. The molecule has 0 bridgehead atoms. The molecular weight excluding hydrogens is 331 g/mol. The maximum Gasteiger partial charge on any atom is 0.166 e. The predicted octanol–water partition coefficient (Wildman–Crippen LogP) is 3.53. The molecule has 132 valence electrons. The van der Waals surface area contributed by atoms with E-state index in [0.29, 0.717) is 0 Å². The summed E-state index contributed by atoms with van der Waals surface area (Å²) >= 11 is 0. The Morgan fingerprint density at radius 3 is 2.73 bits per heavy atom. The number of nitriles is 1. The van der Waals surface area contributed by atoms with Gasteiger partial charge in [-0.3, -0.25) is 4.98 Å². The van der Waals surface area contributed by atoms with Crippen molar-refractivity contribution in [3.63, 3.8) is 0 Å². The Hall–Kier alpha value is -3.24. The molecule has 2 atom stereocenters. The number of nitrogens with two attached hydrogens (primary N) is 1. The van der Waals surface area contributed by atoms with Crippen LogP contribution < -0.4 is 16.4 Å². The summed E-state index contributed by atoms with van der Waals surface area (Å²) in [5, 5.41) is 16.3. The summed E-state index contributed by atoms with van der Waals surface area (Å²) in [6, 6.07) is 12.1. The van der Waals surface area contributed by atoms with Crippen LogP contribution in [0.4, 0.5) is 21.7 Å². The van der Waals surface area contributed by atoms with E-state index in [0.717, 1.165) is 22.7 Å². The van der Waals surface area contributed by atoms with Crippen LogP contribution in [0, 0.1) is 17.1 Å². The van der Waals surface area contributed by atoms with E-state index in [1.807, 2.05) is 50.2 Å². The highest BCUT2D eigenvalue weighted by Gasteiger charge is 2.15. The molecule has 0 fully saturated rings. The molecule has 0 saturated heterocycles. The molecule has 3 rings (SSSR count). The highest BCUT2D eigenvalue weighted by molar-refractivity contribution is 5.83. The summed E-state index contributed by atoms with van der Waals surface area (Å²) in [6.45, 7) is 3.66. The zero-order chi connectivity index (χ0) is 18.7. The van der Waals surface area contributed by atoms with Crippen molar-refractivity contribution in [1.82, 2.24) is 9.97 Å². The van der Waals surface area contributed by atoms with Crippen LogP contribution in [0.3, 0.4) is 0 Å². The normalized spacial score (nSPS) is 13.0. The Morgan fingerprint density at radius 1 is 1.19 bits per heavy atom. The molecule has 0 amide bonds. The minimum Gasteiger partial charge on any atom is -0.364 e. The van der Waals surface area contributed by atoms with Gasteiger partial charge in [-0.25, -0.2) is 9.37 Å². The first kappa shape index (κ1) is 17.6. The average molecular weight is 350 g/mol. The van der Waals surface area contributed by atoms with Crippen molar-refractivity contribution in [2.45, 2.75) is 25.9 Å². The number of nitrogens with one attached hydrogen (secondary N) is 2. The monoisotopic (exact) mass is 350 g/mol. The van der Waals surface area contributed by atoms with Gasteiger partial charge in [-0.2, -0.15) is 5.26 Å². The van der Waals surface area contributed by atoms with Gasteiger partial charge in [0.1, 0.15) is 6.07 Å². The summed E-state index contributed by atoms with van der Waals surface area (Å²) in [5.41, 5.74) is 7.52. The van der Waals surface area contributed by atoms with Crippen molar-refractivity contribution < 1.29 is 4.39 Å². The van der Waals surface area contributed by atoms with Crippen molar-refractivity contribution >= 4 is 28.2 Å². The van der Waals surface area contributed by atoms with Crippen molar-refractivity contribution in [3.8, 4) is 6.07 Å². The van der Waals surface area contributed by atoms with Gasteiger partial charge in [0, 0.05) is 29.4 Å². The zero-order valence-electron chi connectivity index (χ0n) is 14.5. The van der Waals surface area contributed by atoms with Crippen molar-refractivity contribution in [3.05, 3.63) is 54.0 Å². The lowest BCUT2D eigenvalue weighted by atomic mass is 10.1. The van der Waals surface area contributed by atoms with Crippen LogP contribution in [-0.2, 0) is 0 Å². The molecule has 26 heavy (non-hydrogen) atoms. The van der Waals surface area contributed by atoms with Crippen molar-refractivity contribution in [1.29, 1.82) is 5.26 Å². The predicted molar refractivity (Wildman–Crippen MR) is 101 cm³/mol. The number of fused-ring (bicyclic) bond motifs is 1. The van der Waals surface area contributed by atoms with Crippen LogP contribution in [0.15, 0.2) is 42.6 Å². The molecule has 0 spiro atoms.